The number of hydrogen-bond acceptors (Lipinski definition) is 4. The highest BCUT2D eigenvalue weighted by molar-refractivity contribution is 5.77. The van der Waals surface area contributed by atoms with E-state index in [0.29, 0.717) is 13.0 Å². The van der Waals surface area contributed by atoms with Crippen LogP contribution in [0.3, 0.4) is 0 Å². The number of hydrogen-bond donors (Lipinski definition) is 0. The molecule has 0 aromatic heterocycles. The van der Waals surface area contributed by atoms with E-state index in [-0.39, 0.29) is 10.6 Å². The van der Waals surface area contributed by atoms with Gasteiger partial charge in [0.1, 0.15) is 12.4 Å². The fraction of sp³-hybridized carbons (Fsp3) is 0.588. The molecule has 128 valence electrons. The smallest absolute Gasteiger partial charge is 0.224 e. The van der Waals surface area contributed by atoms with Gasteiger partial charge in [-0.3, -0.25) is 9.50 Å². The predicted octanol–water partition coefficient (Wildman–Crippen LogP) is 1.51. The van der Waals surface area contributed by atoms with Gasteiger partial charge in [-0.05, 0) is 31.7 Å². The predicted molar refractivity (Wildman–Crippen MR) is 90.1 cm³/mol. The summed E-state index contributed by atoms with van der Waals surface area (Å²) in [7, 11) is 2.11. The Morgan fingerprint density at radius 3 is 2.65 bits per heavy atom. The Balaban J connectivity index is 0.00000192. The van der Waals surface area contributed by atoms with Gasteiger partial charge in [-0.2, -0.15) is 0 Å². The molecule has 0 bridgehead atoms. The number of carbonyl (C=O) groups is 1. The highest BCUT2D eigenvalue weighted by atomic mass is 19.0. The second kappa shape index (κ2) is 7.64. The van der Waals surface area contributed by atoms with E-state index >= 15 is 0 Å². The number of nitrogens with zero attached hydrogens (tertiary/aromatic N) is 3. The highest BCUT2D eigenvalue weighted by Gasteiger charge is 2.22. The topological polar surface area (TPSA) is 36.0 Å². The number of halogens is 1. The lowest BCUT2D eigenvalue weighted by atomic mass is 10.1. The lowest BCUT2D eigenvalue weighted by Gasteiger charge is -2.34. The van der Waals surface area contributed by atoms with E-state index in [2.05, 4.69) is 35.9 Å². The molecule has 1 amide bonds. The number of fused-ring (bicyclic) bond motifs is 1. The largest absolute Gasteiger partial charge is 0.490 e. The van der Waals surface area contributed by atoms with Crippen LogP contribution in [0.5, 0.6) is 5.75 Å². The first-order chi connectivity index (χ1) is 10.6. The zero-order chi connectivity index (χ0) is 15.5. The molecule has 1 fully saturated rings. The van der Waals surface area contributed by atoms with Gasteiger partial charge in [-0.1, -0.05) is 6.07 Å². The van der Waals surface area contributed by atoms with Crippen LogP contribution in [0.4, 0.5) is 10.4 Å². The van der Waals surface area contributed by atoms with E-state index in [1.807, 2.05) is 11.0 Å². The molecule has 1 aromatic carbocycles. The summed E-state index contributed by atoms with van der Waals surface area (Å²) >= 11 is 0. The number of piperazine rings is 1. The molecule has 1 aromatic rings. The summed E-state index contributed by atoms with van der Waals surface area (Å²) in [6, 6.07) is 6.24. The lowest BCUT2D eigenvalue weighted by molar-refractivity contribution is -0.132. The monoisotopic (exact) mass is 323 g/mol. The molecule has 2 aliphatic rings. The molecule has 0 atom stereocenters. The Morgan fingerprint density at radius 1 is 1.17 bits per heavy atom. The Bertz CT molecular complexity index is 545. The van der Waals surface area contributed by atoms with Gasteiger partial charge in [0.15, 0.2) is 0 Å². The van der Waals surface area contributed by atoms with Crippen molar-refractivity contribution in [1.29, 1.82) is 0 Å². The number of benzene rings is 1. The molecule has 5 nitrogen and oxygen atoms in total. The van der Waals surface area contributed by atoms with Gasteiger partial charge in [0.25, 0.3) is 0 Å². The lowest BCUT2D eigenvalue weighted by Crippen LogP contribution is -2.48. The van der Waals surface area contributed by atoms with Crippen LogP contribution in [-0.2, 0) is 4.79 Å². The first-order valence-electron chi connectivity index (χ1n) is 8.08. The van der Waals surface area contributed by atoms with Crippen LogP contribution < -0.4 is 9.64 Å². The van der Waals surface area contributed by atoms with Crippen molar-refractivity contribution in [2.75, 3.05) is 57.8 Å². The maximum Gasteiger partial charge on any atom is 0.224 e. The second-order valence-electron chi connectivity index (χ2n) is 6.24. The summed E-state index contributed by atoms with van der Waals surface area (Å²) in [6.45, 7) is 8.07. The van der Waals surface area contributed by atoms with Crippen molar-refractivity contribution < 1.29 is 14.2 Å². The van der Waals surface area contributed by atoms with Crippen LogP contribution in [0, 0.1) is 6.92 Å². The number of carbonyl (C=O) groups excluding carboxylic acids is 1. The fourth-order valence-corrected chi connectivity index (χ4v) is 3.06. The van der Waals surface area contributed by atoms with Gasteiger partial charge < -0.3 is 19.4 Å². The molecule has 6 heteroatoms. The minimum absolute atomic E-state index is 0. The van der Waals surface area contributed by atoms with Crippen LogP contribution in [0.2, 0.25) is 0 Å². The first-order valence-corrected chi connectivity index (χ1v) is 8.08. The van der Waals surface area contributed by atoms with Gasteiger partial charge >= 0.3 is 0 Å². The third-order valence-electron chi connectivity index (χ3n) is 4.53. The van der Waals surface area contributed by atoms with Crippen LogP contribution in [0.15, 0.2) is 18.2 Å². The van der Waals surface area contributed by atoms with Gasteiger partial charge in [0.05, 0.1) is 12.2 Å². The molecular weight excluding hydrogens is 297 g/mol. The molecule has 0 radical (unpaired) electrons. The Kier molecular flexibility index (Phi) is 5.82. The highest BCUT2D eigenvalue weighted by Crippen LogP contribution is 2.32. The van der Waals surface area contributed by atoms with Gasteiger partial charge in [0, 0.05) is 39.1 Å². The summed E-state index contributed by atoms with van der Waals surface area (Å²) < 4.78 is 5.70. The first kappa shape index (κ1) is 17.5. The zero-order valence-electron chi connectivity index (χ0n) is 14.0. The average molecular weight is 323 g/mol. The number of anilines is 1. The number of likely N-dealkylation sites (N-methyl/N-ethyl adjacent to an activating group) is 1. The molecule has 23 heavy (non-hydrogen) atoms. The van der Waals surface area contributed by atoms with Crippen molar-refractivity contribution in [3.63, 3.8) is 0 Å². The van der Waals surface area contributed by atoms with Gasteiger partial charge in [-0.15, -0.1) is 0 Å². The van der Waals surface area contributed by atoms with E-state index in [9.17, 15) is 4.79 Å². The Hall–Kier alpha value is -1.82. The quantitative estimate of drug-likeness (QED) is 0.845. The molecule has 0 saturated carbocycles. The normalized spacial score (nSPS) is 18.0. The zero-order valence-corrected chi connectivity index (χ0v) is 14.0. The number of rotatable bonds is 3. The number of ether oxygens (including phenoxy) is 1. The average Bonchev–Trinajstić information content (AvgIpc) is 2.53. The number of aryl methyl sites for hydroxylation is 1. The summed E-state index contributed by atoms with van der Waals surface area (Å²) in [5.74, 6) is 1.21. The molecule has 3 rings (SSSR count). The molecule has 2 heterocycles. The van der Waals surface area contributed by atoms with Crippen LogP contribution in [0.1, 0.15) is 12.0 Å². The summed E-state index contributed by atoms with van der Waals surface area (Å²) in [5, 5.41) is 0. The molecule has 0 unspecified atom stereocenters. The molecule has 0 N–H and O–H groups in total. The van der Waals surface area contributed by atoms with Crippen molar-refractivity contribution in [2.24, 2.45) is 0 Å². The van der Waals surface area contributed by atoms with Gasteiger partial charge in [-0.25, -0.2) is 0 Å². The van der Waals surface area contributed by atoms with Crippen molar-refractivity contribution in [2.45, 2.75) is 13.3 Å². The van der Waals surface area contributed by atoms with E-state index in [0.717, 1.165) is 50.7 Å². The fourth-order valence-electron chi connectivity index (χ4n) is 3.06. The van der Waals surface area contributed by atoms with Crippen molar-refractivity contribution in [3.8, 4) is 5.75 Å². The van der Waals surface area contributed by atoms with Crippen LogP contribution in [0.25, 0.3) is 0 Å². The Labute approximate surface area is 137 Å². The molecule has 0 spiro atoms. The van der Waals surface area contributed by atoms with E-state index in [1.54, 1.807) is 0 Å². The van der Waals surface area contributed by atoms with Crippen LogP contribution in [-0.4, -0.2) is 68.6 Å². The standard InChI is InChI=1S/C17H25N3O2.FH/c1-14-3-4-16-15(13-14)19(11-12-22-16)6-5-17(21)20-9-7-18(2)8-10-20;/h3-4,13H,5-12H2,1-2H3;1H. The SMILES string of the molecule is Cc1ccc2c(c1)N(CCC(=O)N1CCN(C)CC1)CCO2.F. The van der Waals surface area contributed by atoms with Crippen molar-refractivity contribution >= 4 is 11.6 Å². The molecule has 0 aliphatic carbocycles. The van der Waals surface area contributed by atoms with Crippen LogP contribution >= 0.6 is 0 Å². The van der Waals surface area contributed by atoms with E-state index < -0.39 is 0 Å². The third-order valence-corrected chi connectivity index (χ3v) is 4.53. The minimum atomic E-state index is 0. The summed E-state index contributed by atoms with van der Waals surface area (Å²) in [6.07, 6.45) is 0.580. The van der Waals surface area contributed by atoms with E-state index in [4.69, 9.17) is 4.74 Å². The minimum Gasteiger partial charge on any atom is -0.490 e. The molecular formula is C17H26FN3O2. The number of amides is 1. The molecule has 1 saturated heterocycles. The van der Waals surface area contributed by atoms with E-state index in [1.165, 1.54) is 5.56 Å². The molecule has 2 aliphatic heterocycles. The maximum atomic E-state index is 12.4. The van der Waals surface area contributed by atoms with Gasteiger partial charge in [0.2, 0.25) is 5.91 Å². The van der Waals surface area contributed by atoms with Crippen molar-refractivity contribution in [3.05, 3.63) is 23.8 Å². The van der Waals surface area contributed by atoms with Crippen molar-refractivity contribution in [1.82, 2.24) is 9.80 Å². The summed E-state index contributed by atoms with van der Waals surface area (Å²) in [5.41, 5.74) is 2.34. The Morgan fingerprint density at radius 2 is 1.91 bits per heavy atom. The summed E-state index contributed by atoms with van der Waals surface area (Å²) in [4.78, 5) is 18.9. The second-order valence-corrected chi connectivity index (χ2v) is 6.24. The third kappa shape index (κ3) is 4.13. The maximum absolute atomic E-state index is 12.4.